The molecule has 1 aliphatic carbocycles. The number of likely N-dealkylation sites (tertiary alicyclic amines) is 1. The molecule has 2 aliphatic rings. The molecule has 3 heterocycles. The molecule has 6 nitrogen and oxygen atoms in total. The Balaban J connectivity index is 1.27. The molecule has 6 heteroatoms. The van der Waals surface area contributed by atoms with Crippen molar-refractivity contribution in [2.75, 3.05) is 19.6 Å². The second-order valence-electron chi connectivity index (χ2n) is 7.69. The van der Waals surface area contributed by atoms with Gasteiger partial charge in [0.1, 0.15) is 5.69 Å². The zero-order chi connectivity index (χ0) is 17.3. The van der Waals surface area contributed by atoms with Crippen molar-refractivity contribution in [2.24, 2.45) is 0 Å². The molecular formula is C19H27N3O3. The number of hydrogen-bond acceptors (Lipinski definition) is 4. The van der Waals surface area contributed by atoms with Crippen molar-refractivity contribution in [3.8, 4) is 0 Å². The van der Waals surface area contributed by atoms with Gasteiger partial charge in [0, 0.05) is 37.8 Å². The first-order valence-corrected chi connectivity index (χ1v) is 9.43. The van der Waals surface area contributed by atoms with Crippen LogP contribution in [0.25, 0.3) is 11.1 Å². The van der Waals surface area contributed by atoms with E-state index in [4.69, 9.17) is 4.42 Å². The van der Waals surface area contributed by atoms with Gasteiger partial charge in [0.05, 0.1) is 17.4 Å². The Morgan fingerprint density at radius 1 is 1.32 bits per heavy atom. The molecule has 2 aromatic rings. The number of piperidine rings is 1. The largest absolute Gasteiger partial charge is 0.463 e. The highest BCUT2D eigenvalue weighted by atomic mass is 16.3. The van der Waals surface area contributed by atoms with Crippen LogP contribution in [0.2, 0.25) is 0 Å². The van der Waals surface area contributed by atoms with Crippen LogP contribution in [0, 0.1) is 0 Å². The molecule has 0 bridgehead atoms. The number of aliphatic hydroxyl groups is 1. The molecule has 0 radical (unpaired) electrons. The molecule has 4 rings (SSSR count). The van der Waals surface area contributed by atoms with Crippen LogP contribution in [0.15, 0.2) is 22.8 Å². The fraction of sp³-hybridized carbons (Fsp3) is 0.632. The minimum atomic E-state index is -0.493. The Labute approximate surface area is 147 Å². The van der Waals surface area contributed by atoms with Gasteiger partial charge in [-0.1, -0.05) is 19.3 Å². The average molecular weight is 345 g/mol. The van der Waals surface area contributed by atoms with Crippen LogP contribution >= 0.6 is 0 Å². The van der Waals surface area contributed by atoms with Gasteiger partial charge in [0.25, 0.3) is 5.91 Å². The number of fused-ring (bicyclic) bond motifs is 1. The third kappa shape index (κ3) is 3.75. The molecule has 25 heavy (non-hydrogen) atoms. The number of H-pyrrole nitrogens is 1. The van der Waals surface area contributed by atoms with Gasteiger partial charge < -0.3 is 24.7 Å². The van der Waals surface area contributed by atoms with E-state index in [0.717, 1.165) is 63.7 Å². The molecule has 2 fully saturated rings. The second-order valence-corrected chi connectivity index (χ2v) is 7.69. The normalized spacial score (nSPS) is 22.3. The van der Waals surface area contributed by atoms with Gasteiger partial charge in [-0.15, -0.1) is 0 Å². The topological polar surface area (TPSA) is 81.5 Å². The van der Waals surface area contributed by atoms with Crippen LogP contribution in [0.1, 0.15) is 55.4 Å². The Kier molecular flexibility index (Phi) is 4.56. The summed E-state index contributed by atoms with van der Waals surface area (Å²) >= 11 is 0. The minimum absolute atomic E-state index is 0.0734. The van der Waals surface area contributed by atoms with E-state index in [-0.39, 0.29) is 11.9 Å². The number of aromatic amines is 1. The minimum Gasteiger partial charge on any atom is -0.463 e. The SMILES string of the molecule is O=C(NC1CCN(CC2(O)CCCCC2)CC1)c1cc2occc2[nH]1. The molecule has 1 saturated carbocycles. The standard InChI is InChI=1S/C19H27N3O3/c23-18(16-12-17-15(21-16)6-11-25-17)20-14-4-9-22(10-5-14)13-19(24)7-2-1-3-8-19/h6,11-12,14,21,24H,1-5,7-10,13H2,(H,20,23). The van der Waals surface area contributed by atoms with E-state index in [2.05, 4.69) is 15.2 Å². The number of aromatic nitrogens is 1. The van der Waals surface area contributed by atoms with Crippen molar-refractivity contribution >= 4 is 17.0 Å². The fourth-order valence-corrected chi connectivity index (χ4v) is 4.25. The van der Waals surface area contributed by atoms with E-state index >= 15 is 0 Å². The predicted octanol–water partition coefficient (Wildman–Crippen LogP) is 2.65. The van der Waals surface area contributed by atoms with Gasteiger partial charge in [-0.05, 0) is 25.7 Å². The Morgan fingerprint density at radius 3 is 2.80 bits per heavy atom. The van der Waals surface area contributed by atoms with Gasteiger partial charge in [-0.3, -0.25) is 4.79 Å². The van der Waals surface area contributed by atoms with Crippen LogP contribution in [0.3, 0.4) is 0 Å². The molecule has 1 aliphatic heterocycles. The highest BCUT2D eigenvalue weighted by molar-refractivity contribution is 5.96. The average Bonchev–Trinajstić information content (AvgIpc) is 3.19. The van der Waals surface area contributed by atoms with Crippen molar-refractivity contribution in [1.82, 2.24) is 15.2 Å². The number of furan rings is 1. The third-order valence-electron chi connectivity index (χ3n) is 5.71. The van der Waals surface area contributed by atoms with Gasteiger partial charge in [0.15, 0.2) is 5.58 Å². The summed E-state index contributed by atoms with van der Waals surface area (Å²) < 4.78 is 5.29. The van der Waals surface area contributed by atoms with Gasteiger partial charge >= 0.3 is 0 Å². The molecule has 1 amide bonds. The third-order valence-corrected chi connectivity index (χ3v) is 5.71. The van der Waals surface area contributed by atoms with Gasteiger partial charge in [-0.25, -0.2) is 0 Å². The molecule has 3 N–H and O–H groups in total. The summed E-state index contributed by atoms with van der Waals surface area (Å²) in [6, 6.07) is 3.76. The summed E-state index contributed by atoms with van der Waals surface area (Å²) in [7, 11) is 0. The summed E-state index contributed by atoms with van der Waals surface area (Å²) in [4.78, 5) is 17.8. The number of nitrogens with one attached hydrogen (secondary N) is 2. The Bertz CT molecular complexity index is 693. The number of β-amino-alcohol motifs (C(OH)–C–C–N with tert-alkyl or cyclic N) is 1. The number of carbonyl (C=O) groups is 1. The number of hydrogen-bond donors (Lipinski definition) is 3. The van der Waals surface area contributed by atoms with Crippen LogP contribution in [-0.2, 0) is 0 Å². The summed E-state index contributed by atoms with van der Waals surface area (Å²) in [5, 5.41) is 13.8. The number of nitrogens with zero attached hydrogens (tertiary/aromatic N) is 1. The number of rotatable bonds is 4. The van der Waals surface area contributed by atoms with Crippen molar-refractivity contribution in [2.45, 2.75) is 56.6 Å². The lowest BCUT2D eigenvalue weighted by molar-refractivity contribution is -0.0312. The zero-order valence-corrected chi connectivity index (χ0v) is 14.6. The maximum absolute atomic E-state index is 12.4. The smallest absolute Gasteiger partial charge is 0.268 e. The first-order valence-electron chi connectivity index (χ1n) is 9.43. The van der Waals surface area contributed by atoms with Crippen LogP contribution in [0.5, 0.6) is 0 Å². The van der Waals surface area contributed by atoms with Crippen LogP contribution < -0.4 is 5.32 Å². The van der Waals surface area contributed by atoms with E-state index in [9.17, 15) is 9.90 Å². The van der Waals surface area contributed by atoms with Crippen molar-refractivity contribution in [3.63, 3.8) is 0 Å². The van der Waals surface area contributed by atoms with E-state index in [1.54, 1.807) is 12.3 Å². The Morgan fingerprint density at radius 2 is 2.08 bits per heavy atom. The summed E-state index contributed by atoms with van der Waals surface area (Å²) in [6.07, 6.45) is 8.86. The Hall–Kier alpha value is -1.79. The van der Waals surface area contributed by atoms with Crippen molar-refractivity contribution in [1.29, 1.82) is 0 Å². The van der Waals surface area contributed by atoms with Gasteiger partial charge in [-0.2, -0.15) is 0 Å². The molecule has 0 atom stereocenters. The fourth-order valence-electron chi connectivity index (χ4n) is 4.25. The molecule has 0 aromatic carbocycles. The van der Waals surface area contributed by atoms with Crippen molar-refractivity contribution in [3.05, 3.63) is 24.1 Å². The molecular weight excluding hydrogens is 318 g/mol. The van der Waals surface area contributed by atoms with E-state index in [1.807, 2.05) is 6.07 Å². The van der Waals surface area contributed by atoms with Crippen molar-refractivity contribution < 1.29 is 14.3 Å². The number of carbonyl (C=O) groups excluding carboxylic acids is 1. The van der Waals surface area contributed by atoms with E-state index < -0.39 is 5.60 Å². The maximum Gasteiger partial charge on any atom is 0.268 e. The number of amides is 1. The summed E-state index contributed by atoms with van der Waals surface area (Å²) in [5.41, 5.74) is 1.61. The summed E-state index contributed by atoms with van der Waals surface area (Å²) in [5.74, 6) is -0.0734. The summed E-state index contributed by atoms with van der Waals surface area (Å²) in [6.45, 7) is 2.64. The molecule has 136 valence electrons. The lowest BCUT2D eigenvalue weighted by Crippen LogP contribution is -2.50. The molecule has 2 aromatic heterocycles. The first kappa shape index (κ1) is 16.7. The van der Waals surface area contributed by atoms with E-state index in [0.29, 0.717) is 11.3 Å². The molecule has 0 spiro atoms. The lowest BCUT2D eigenvalue weighted by atomic mass is 9.84. The second kappa shape index (κ2) is 6.84. The zero-order valence-electron chi connectivity index (χ0n) is 14.6. The van der Waals surface area contributed by atoms with Crippen LogP contribution in [-0.4, -0.2) is 52.2 Å². The van der Waals surface area contributed by atoms with Crippen LogP contribution in [0.4, 0.5) is 0 Å². The van der Waals surface area contributed by atoms with E-state index in [1.165, 1.54) is 6.42 Å². The lowest BCUT2D eigenvalue weighted by Gasteiger charge is -2.40. The molecule has 1 saturated heterocycles. The monoisotopic (exact) mass is 345 g/mol. The molecule has 0 unspecified atom stereocenters. The maximum atomic E-state index is 12.4. The predicted molar refractivity (Wildman–Crippen MR) is 95.5 cm³/mol. The highest BCUT2D eigenvalue weighted by Gasteiger charge is 2.33. The first-order chi connectivity index (χ1) is 12.1. The highest BCUT2D eigenvalue weighted by Crippen LogP contribution is 2.29. The quantitative estimate of drug-likeness (QED) is 0.796. The van der Waals surface area contributed by atoms with Gasteiger partial charge in [0.2, 0.25) is 0 Å².